The van der Waals surface area contributed by atoms with Gasteiger partial charge in [-0.15, -0.1) is 11.3 Å². The lowest BCUT2D eigenvalue weighted by Gasteiger charge is -2.15. The van der Waals surface area contributed by atoms with E-state index in [0.717, 1.165) is 29.2 Å². The van der Waals surface area contributed by atoms with Gasteiger partial charge < -0.3 is 5.11 Å². The fourth-order valence-corrected chi connectivity index (χ4v) is 3.97. The number of hydrogen-bond acceptors (Lipinski definition) is 5. The van der Waals surface area contributed by atoms with Gasteiger partial charge in [-0.2, -0.15) is 0 Å². The Balaban J connectivity index is 2.60. The first kappa shape index (κ1) is 15.6. The van der Waals surface area contributed by atoms with E-state index in [1.54, 1.807) is 6.92 Å². The van der Waals surface area contributed by atoms with Gasteiger partial charge in [0.2, 0.25) is 0 Å². The highest BCUT2D eigenvalue weighted by molar-refractivity contribution is 7.91. The number of nitrogens with one attached hydrogen (secondary N) is 1. The Hall–Kier alpha value is -0.500. The number of aromatic nitrogens is 1. The van der Waals surface area contributed by atoms with Crippen molar-refractivity contribution < 1.29 is 13.5 Å². The normalized spacial score (nSPS) is 13.7. The van der Waals surface area contributed by atoms with E-state index in [4.69, 9.17) is 5.11 Å². The molecule has 1 heterocycles. The second-order valence-electron chi connectivity index (χ2n) is 4.22. The van der Waals surface area contributed by atoms with Crippen LogP contribution >= 0.6 is 11.3 Å². The highest BCUT2D eigenvalue weighted by Gasteiger charge is 2.18. The molecule has 0 radical (unpaired) electrons. The molecule has 0 fully saturated rings. The van der Waals surface area contributed by atoms with E-state index in [1.807, 2.05) is 6.92 Å². The van der Waals surface area contributed by atoms with Crippen LogP contribution in [0.5, 0.6) is 0 Å². The monoisotopic (exact) mass is 292 g/mol. The maximum atomic E-state index is 12.0. The topological polar surface area (TPSA) is 79.3 Å². The average Bonchev–Trinajstić information content (AvgIpc) is 2.74. The Labute approximate surface area is 112 Å². The van der Waals surface area contributed by atoms with Gasteiger partial charge in [0, 0.05) is 13.2 Å². The second kappa shape index (κ2) is 7.18. The van der Waals surface area contributed by atoms with Crippen LogP contribution in [-0.4, -0.2) is 31.7 Å². The van der Waals surface area contributed by atoms with Gasteiger partial charge in [-0.25, -0.2) is 18.1 Å². The summed E-state index contributed by atoms with van der Waals surface area (Å²) in [7, 11) is -3.45. The van der Waals surface area contributed by atoms with Gasteiger partial charge in [0.1, 0.15) is 0 Å². The summed E-state index contributed by atoms with van der Waals surface area (Å²) in [6, 6.07) is 0. The van der Waals surface area contributed by atoms with Crippen molar-refractivity contribution in [3.05, 3.63) is 11.2 Å². The fourth-order valence-electron chi connectivity index (χ4n) is 1.70. The molecule has 0 spiro atoms. The van der Waals surface area contributed by atoms with Crippen LogP contribution in [0.15, 0.2) is 10.4 Å². The Kier molecular flexibility index (Phi) is 6.20. The van der Waals surface area contributed by atoms with E-state index in [1.165, 1.54) is 6.20 Å². The lowest BCUT2D eigenvalue weighted by Crippen LogP contribution is -2.29. The van der Waals surface area contributed by atoms with Gasteiger partial charge in [0.05, 0.1) is 11.2 Å². The lowest BCUT2D eigenvalue weighted by atomic mass is 10.0. The molecule has 0 aliphatic rings. The molecule has 1 aromatic rings. The van der Waals surface area contributed by atoms with Crippen LogP contribution in [0.4, 0.5) is 0 Å². The van der Waals surface area contributed by atoms with Crippen molar-refractivity contribution in [3.63, 3.8) is 0 Å². The first-order chi connectivity index (χ1) is 8.49. The summed E-state index contributed by atoms with van der Waals surface area (Å²) in [4.78, 5) is 3.94. The Morgan fingerprint density at radius 2 is 2.22 bits per heavy atom. The Morgan fingerprint density at radius 1 is 1.50 bits per heavy atom. The van der Waals surface area contributed by atoms with Gasteiger partial charge in [-0.3, -0.25) is 0 Å². The van der Waals surface area contributed by atoms with Crippen LogP contribution in [-0.2, 0) is 10.0 Å². The van der Waals surface area contributed by atoms with E-state index < -0.39 is 10.0 Å². The molecule has 0 saturated carbocycles. The minimum Gasteiger partial charge on any atom is -0.396 e. The Morgan fingerprint density at radius 3 is 2.72 bits per heavy atom. The van der Waals surface area contributed by atoms with E-state index >= 15 is 0 Å². The number of thiazole rings is 1. The molecule has 7 heteroatoms. The number of hydrogen-bond donors (Lipinski definition) is 2. The smallest absolute Gasteiger partial charge is 0.251 e. The third-order valence-electron chi connectivity index (χ3n) is 2.66. The number of aliphatic hydroxyl groups is 1. The van der Waals surface area contributed by atoms with Crippen molar-refractivity contribution in [2.45, 2.75) is 37.3 Å². The maximum absolute atomic E-state index is 12.0. The van der Waals surface area contributed by atoms with Crippen LogP contribution in [0.3, 0.4) is 0 Å². The zero-order valence-corrected chi connectivity index (χ0v) is 12.4. The SMILES string of the molecule is CCCC(CCO)CNS(=O)(=O)c1cnc(C)s1. The predicted molar refractivity (Wildman–Crippen MR) is 72.1 cm³/mol. The van der Waals surface area contributed by atoms with Crippen LogP contribution in [0, 0.1) is 12.8 Å². The molecule has 2 N–H and O–H groups in total. The van der Waals surface area contributed by atoms with Crippen LogP contribution in [0.1, 0.15) is 31.2 Å². The molecule has 18 heavy (non-hydrogen) atoms. The van der Waals surface area contributed by atoms with Gasteiger partial charge >= 0.3 is 0 Å². The first-order valence-electron chi connectivity index (χ1n) is 6.02. The molecule has 0 aliphatic heterocycles. The van der Waals surface area contributed by atoms with E-state index in [-0.39, 0.29) is 16.7 Å². The highest BCUT2D eigenvalue weighted by atomic mass is 32.2. The molecule has 0 saturated heterocycles. The summed E-state index contributed by atoms with van der Waals surface area (Å²) in [6.45, 7) is 4.28. The molecule has 5 nitrogen and oxygen atoms in total. The van der Waals surface area contributed by atoms with Crippen molar-refractivity contribution in [2.75, 3.05) is 13.2 Å². The quantitative estimate of drug-likeness (QED) is 0.761. The summed E-state index contributed by atoms with van der Waals surface area (Å²) in [5.74, 6) is 0.184. The standard InChI is InChI=1S/C11H20N2O3S2/c1-3-4-10(5-6-14)7-13-18(15,16)11-8-12-9(2)17-11/h8,10,13-14H,3-7H2,1-2H3. The molecule has 1 rings (SSSR count). The summed E-state index contributed by atoms with van der Waals surface area (Å²) in [6.07, 6.45) is 3.89. The van der Waals surface area contributed by atoms with Crippen LogP contribution < -0.4 is 4.72 Å². The molecule has 1 aromatic heterocycles. The van der Waals surface area contributed by atoms with Crippen LogP contribution in [0.25, 0.3) is 0 Å². The van der Waals surface area contributed by atoms with Gasteiger partial charge in [-0.1, -0.05) is 13.3 Å². The highest BCUT2D eigenvalue weighted by Crippen LogP contribution is 2.18. The maximum Gasteiger partial charge on any atom is 0.251 e. The zero-order valence-electron chi connectivity index (χ0n) is 10.7. The third kappa shape index (κ3) is 4.64. The summed E-state index contributed by atoms with van der Waals surface area (Å²) < 4.78 is 26.7. The summed E-state index contributed by atoms with van der Waals surface area (Å²) in [5.41, 5.74) is 0. The molecule has 1 atom stereocenters. The van der Waals surface area contributed by atoms with Gasteiger partial charge in [0.25, 0.3) is 10.0 Å². The minimum atomic E-state index is -3.45. The van der Waals surface area contributed by atoms with Crippen molar-refractivity contribution >= 4 is 21.4 Å². The number of aliphatic hydroxyl groups excluding tert-OH is 1. The van der Waals surface area contributed by atoms with Gasteiger partial charge in [-0.05, 0) is 25.7 Å². The number of nitrogens with zero attached hydrogens (tertiary/aromatic N) is 1. The molecule has 0 amide bonds. The van der Waals surface area contributed by atoms with Gasteiger partial charge in [0.15, 0.2) is 4.21 Å². The first-order valence-corrected chi connectivity index (χ1v) is 8.32. The fraction of sp³-hybridized carbons (Fsp3) is 0.727. The van der Waals surface area contributed by atoms with Crippen molar-refractivity contribution in [2.24, 2.45) is 5.92 Å². The van der Waals surface area contributed by atoms with E-state index in [2.05, 4.69) is 9.71 Å². The summed E-state index contributed by atoms with van der Waals surface area (Å²) in [5, 5.41) is 9.66. The van der Waals surface area contributed by atoms with E-state index in [9.17, 15) is 8.42 Å². The van der Waals surface area contributed by atoms with Crippen molar-refractivity contribution in [1.29, 1.82) is 0 Å². The number of aryl methyl sites for hydroxylation is 1. The van der Waals surface area contributed by atoms with Crippen molar-refractivity contribution in [3.8, 4) is 0 Å². The second-order valence-corrected chi connectivity index (χ2v) is 7.45. The number of sulfonamides is 1. The largest absolute Gasteiger partial charge is 0.396 e. The number of rotatable bonds is 8. The minimum absolute atomic E-state index is 0.0893. The molecule has 0 bridgehead atoms. The predicted octanol–water partition coefficient (Wildman–Crippen LogP) is 1.53. The summed E-state index contributed by atoms with van der Waals surface area (Å²) >= 11 is 1.16. The molecular weight excluding hydrogens is 272 g/mol. The van der Waals surface area contributed by atoms with Crippen LogP contribution in [0.2, 0.25) is 0 Å². The average molecular weight is 292 g/mol. The molecule has 1 unspecified atom stereocenters. The molecule has 0 aromatic carbocycles. The Bertz CT molecular complexity index is 451. The molecule has 104 valence electrons. The van der Waals surface area contributed by atoms with Crippen molar-refractivity contribution in [1.82, 2.24) is 9.71 Å². The third-order valence-corrected chi connectivity index (χ3v) is 5.46. The zero-order chi connectivity index (χ0) is 13.6. The molecule has 0 aliphatic carbocycles. The molecular formula is C11H20N2O3S2. The van der Waals surface area contributed by atoms with E-state index in [0.29, 0.717) is 13.0 Å². The lowest BCUT2D eigenvalue weighted by molar-refractivity contribution is 0.251.